The van der Waals surface area contributed by atoms with Crippen LogP contribution in [0.25, 0.3) is 0 Å². The van der Waals surface area contributed by atoms with Crippen LogP contribution in [-0.4, -0.2) is 47.8 Å². The lowest BCUT2D eigenvalue weighted by Crippen LogP contribution is -2.44. The zero-order valence-corrected chi connectivity index (χ0v) is 13.2. The Morgan fingerprint density at radius 1 is 1.25 bits per heavy atom. The van der Waals surface area contributed by atoms with Crippen molar-refractivity contribution in [1.29, 1.82) is 0 Å². The van der Waals surface area contributed by atoms with Gasteiger partial charge < -0.3 is 9.80 Å². The number of hydrogen-bond acceptors (Lipinski definition) is 2. The van der Waals surface area contributed by atoms with Crippen molar-refractivity contribution in [3.8, 4) is 0 Å². The number of rotatable bonds is 6. The van der Waals surface area contributed by atoms with Gasteiger partial charge in [-0.2, -0.15) is 0 Å². The quantitative estimate of drug-likeness (QED) is 0.701. The zero-order valence-electron chi connectivity index (χ0n) is 13.2. The highest BCUT2D eigenvalue weighted by molar-refractivity contribution is 5.80. The van der Waals surface area contributed by atoms with Crippen LogP contribution in [0.5, 0.6) is 0 Å². The summed E-state index contributed by atoms with van der Waals surface area (Å²) in [4.78, 5) is 28.1. The summed E-state index contributed by atoms with van der Waals surface area (Å²) in [6.45, 7) is 12.7. The topological polar surface area (TPSA) is 40.6 Å². The van der Waals surface area contributed by atoms with Crippen molar-refractivity contribution in [3.63, 3.8) is 0 Å². The molecule has 0 aliphatic carbocycles. The molecule has 0 aromatic rings. The number of likely N-dealkylation sites (tertiary alicyclic amines) is 1. The van der Waals surface area contributed by atoms with Crippen molar-refractivity contribution in [2.45, 2.75) is 46.5 Å². The average Bonchev–Trinajstić information content (AvgIpc) is 2.44. The molecule has 0 radical (unpaired) electrons. The summed E-state index contributed by atoms with van der Waals surface area (Å²) in [7, 11) is 0. The molecule has 1 aliphatic heterocycles. The molecule has 1 saturated heterocycles. The summed E-state index contributed by atoms with van der Waals surface area (Å²) in [6, 6.07) is 0. The number of carbonyl (C=O) groups is 2. The van der Waals surface area contributed by atoms with Crippen LogP contribution in [0.1, 0.15) is 46.5 Å². The Labute approximate surface area is 122 Å². The van der Waals surface area contributed by atoms with Gasteiger partial charge in [0.25, 0.3) is 0 Å². The predicted molar refractivity (Wildman–Crippen MR) is 81.3 cm³/mol. The first-order chi connectivity index (χ1) is 9.49. The lowest BCUT2D eigenvalue weighted by atomic mass is 9.94. The Kier molecular flexibility index (Phi) is 6.76. The molecule has 2 amide bonds. The van der Waals surface area contributed by atoms with Crippen molar-refractivity contribution in [2.75, 3.05) is 26.2 Å². The van der Waals surface area contributed by atoms with Gasteiger partial charge in [0.15, 0.2) is 0 Å². The molecule has 0 aromatic carbocycles. The fourth-order valence-electron chi connectivity index (χ4n) is 2.68. The second-order valence-corrected chi connectivity index (χ2v) is 5.71. The summed E-state index contributed by atoms with van der Waals surface area (Å²) in [5, 5.41) is 0. The highest BCUT2D eigenvalue weighted by Gasteiger charge is 2.29. The molecule has 1 rings (SSSR count). The van der Waals surface area contributed by atoms with Gasteiger partial charge in [-0.1, -0.05) is 19.1 Å². The van der Waals surface area contributed by atoms with Gasteiger partial charge >= 0.3 is 0 Å². The molecule has 1 heterocycles. The van der Waals surface area contributed by atoms with E-state index in [1.807, 2.05) is 30.6 Å². The fourth-order valence-corrected chi connectivity index (χ4v) is 2.68. The van der Waals surface area contributed by atoms with E-state index >= 15 is 0 Å². The lowest BCUT2D eigenvalue weighted by Gasteiger charge is -2.34. The van der Waals surface area contributed by atoms with E-state index in [1.165, 1.54) is 0 Å². The highest BCUT2D eigenvalue weighted by atomic mass is 16.2. The van der Waals surface area contributed by atoms with E-state index in [4.69, 9.17) is 0 Å². The van der Waals surface area contributed by atoms with Gasteiger partial charge in [-0.15, -0.1) is 0 Å². The monoisotopic (exact) mass is 280 g/mol. The molecule has 0 spiro atoms. The van der Waals surface area contributed by atoms with Crippen molar-refractivity contribution in [3.05, 3.63) is 12.2 Å². The third-order valence-electron chi connectivity index (χ3n) is 3.81. The molecule has 114 valence electrons. The van der Waals surface area contributed by atoms with E-state index in [0.29, 0.717) is 13.0 Å². The van der Waals surface area contributed by atoms with Crippen LogP contribution in [-0.2, 0) is 9.59 Å². The van der Waals surface area contributed by atoms with Gasteiger partial charge in [0.2, 0.25) is 11.8 Å². The maximum absolute atomic E-state index is 12.4. The molecule has 0 N–H and O–H groups in total. The molecule has 4 heteroatoms. The van der Waals surface area contributed by atoms with Crippen LogP contribution >= 0.6 is 0 Å². The maximum Gasteiger partial charge on any atom is 0.226 e. The number of nitrogens with zero attached hydrogens (tertiary/aromatic N) is 2. The number of amides is 2. The van der Waals surface area contributed by atoms with Gasteiger partial charge in [-0.3, -0.25) is 9.59 Å². The van der Waals surface area contributed by atoms with E-state index in [2.05, 4.69) is 6.58 Å². The normalized spacial score (nSPS) is 16.1. The summed E-state index contributed by atoms with van der Waals surface area (Å²) in [5.74, 6) is 0.519. The van der Waals surface area contributed by atoms with Gasteiger partial charge in [-0.05, 0) is 33.1 Å². The second-order valence-electron chi connectivity index (χ2n) is 5.71. The Morgan fingerprint density at radius 3 is 2.30 bits per heavy atom. The van der Waals surface area contributed by atoms with Crippen molar-refractivity contribution in [2.24, 2.45) is 5.92 Å². The minimum absolute atomic E-state index is 0.0694. The molecule has 1 fully saturated rings. The number of carbonyl (C=O) groups excluding carboxylic acids is 2. The first-order valence-corrected chi connectivity index (χ1v) is 7.70. The van der Waals surface area contributed by atoms with E-state index in [1.54, 1.807) is 0 Å². The molecule has 20 heavy (non-hydrogen) atoms. The largest absolute Gasteiger partial charge is 0.343 e. The minimum atomic E-state index is 0.0694. The smallest absolute Gasteiger partial charge is 0.226 e. The minimum Gasteiger partial charge on any atom is -0.343 e. The summed E-state index contributed by atoms with van der Waals surface area (Å²) in [5.41, 5.74) is 1.01. The maximum atomic E-state index is 12.4. The first-order valence-electron chi connectivity index (χ1n) is 7.70. The standard InChI is InChI=1S/C16H28N2O2/c1-5-7-15(19)18-10-8-14(9-11-18)16(20)17(6-2)12-13(3)4/h14H,3,5-12H2,1-2,4H3. The average molecular weight is 280 g/mol. The van der Waals surface area contributed by atoms with Crippen molar-refractivity contribution < 1.29 is 9.59 Å². The molecule has 0 unspecified atom stereocenters. The Hall–Kier alpha value is -1.32. The van der Waals surface area contributed by atoms with Crippen LogP contribution in [0.3, 0.4) is 0 Å². The predicted octanol–water partition coefficient (Wildman–Crippen LogP) is 2.45. The lowest BCUT2D eigenvalue weighted by molar-refractivity contribution is -0.140. The SMILES string of the molecule is C=C(C)CN(CC)C(=O)C1CCN(C(=O)CCC)CC1. The van der Waals surface area contributed by atoms with Crippen molar-refractivity contribution >= 4 is 11.8 Å². The van der Waals surface area contributed by atoms with E-state index in [-0.39, 0.29) is 17.7 Å². The molecule has 0 saturated carbocycles. The molecule has 0 bridgehead atoms. The number of piperidine rings is 1. The van der Waals surface area contributed by atoms with E-state index in [0.717, 1.165) is 44.5 Å². The molecule has 0 aromatic heterocycles. The van der Waals surface area contributed by atoms with Crippen molar-refractivity contribution in [1.82, 2.24) is 9.80 Å². The van der Waals surface area contributed by atoms with Crippen LogP contribution in [0.4, 0.5) is 0 Å². The molecule has 0 atom stereocenters. The fraction of sp³-hybridized carbons (Fsp3) is 0.750. The third-order valence-corrected chi connectivity index (χ3v) is 3.81. The van der Waals surface area contributed by atoms with Gasteiger partial charge in [0.1, 0.15) is 0 Å². The Bertz CT molecular complexity index is 357. The van der Waals surface area contributed by atoms with Gasteiger partial charge in [-0.25, -0.2) is 0 Å². The molecule has 4 nitrogen and oxygen atoms in total. The van der Waals surface area contributed by atoms with Crippen LogP contribution in [0.2, 0.25) is 0 Å². The van der Waals surface area contributed by atoms with Gasteiger partial charge in [0, 0.05) is 38.5 Å². The summed E-state index contributed by atoms with van der Waals surface area (Å²) in [6.07, 6.45) is 3.09. The number of likely N-dealkylation sites (N-methyl/N-ethyl adjacent to an activating group) is 1. The molecule has 1 aliphatic rings. The first kappa shape index (κ1) is 16.7. The Balaban J connectivity index is 2.49. The second kappa shape index (κ2) is 8.08. The third kappa shape index (κ3) is 4.66. The highest BCUT2D eigenvalue weighted by Crippen LogP contribution is 2.20. The molecular formula is C16H28N2O2. The van der Waals surface area contributed by atoms with Crippen LogP contribution in [0, 0.1) is 5.92 Å². The number of hydrogen-bond donors (Lipinski definition) is 0. The summed E-state index contributed by atoms with van der Waals surface area (Å²) >= 11 is 0. The van der Waals surface area contributed by atoms with E-state index in [9.17, 15) is 9.59 Å². The Morgan fingerprint density at radius 2 is 1.85 bits per heavy atom. The zero-order chi connectivity index (χ0) is 15.1. The summed E-state index contributed by atoms with van der Waals surface area (Å²) < 4.78 is 0. The van der Waals surface area contributed by atoms with Crippen LogP contribution in [0.15, 0.2) is 12.2 Å². The molecular weight excluding hydrogens is 252 g/mol. The van der Waals surface area contributed by atoms with Gasteiger partial charge in [0.05, 0.1) is 0 Å². The van der Waals surface area contributed by atoms with E-state index < -0.39 is 0 Å². The van der Waals surface area contributed by atoms with Crippen LogP contribution < -0.4 is 0 Å².